The average Bonchev–Trinajstić information content (AvgIpc) is 2.52. The summed E-state index contributed by atoms with van der Waals surface area (Å²) in [6.07, 6.45) is 0.817. The minimum absolute atomic E-state index is 0.0660. The molecule has 1 heterocycles. The van der Waals surface area contributed by atoms with Gasteiger partial charge >= 0.3 is 0 Å². The maximum absolute atomic E-state index is 11.9. The molecule has 0 aliphatic heterocycles. The van der Waals surface area contributed by atoms with E-state index in [-0.39, 0.29) is 18.6 Å². The van der Waals surface area contributed by atoms with Crippen LogP contribution in [0.4, 0.5) is 0 Å². The lowest BCUT2D eigenvalue weighted by Crippen LogP contribution is -2.29. The number of pyridine rings is 1. The molecule has 0 saturated carbocycles. The van der Waals surface area contributed by atoms with Crippen LogP contribution in [0.3, 0.4) is 0 Å². The fourth-order valence-electron chi connectivity index (χ4n) is 1.96. The van der Waals surface area contributed by atoms with Crippen LogP contribution in [0.2, 0.25) is 0 Å². The molecule has 1 atom stereocenters. The van der Waals surface area contributed by atoms with Gasteiger partial charge < -0.3 is 15.2 Å². The fraction of sp³-hybridized carbons (Fsp3) is 0.294. The highest BCUT2D eigenvalue weighted by Gasteiger charge is 2.12. The number of carbonyl (C=O) groups is 1. The van der Waals surface area contributed by atoms with Crippen molar-refractivity contribution in [3.8, 4) is 5.75 Å². The minimum Gasteiger partial charge on any atom is -0.491 e. The first-order valence-corrected chi connectivity index (χ1v) is 7.20. The van der Waals surface area contributed by atoms with E-state index in [1.54, 1.807) is 36.5 Å². The Morgan fingerprint density at radius 1 is 1.27 bits per heavy atom. The van der Waals surface area contributed by atoms with Crippen LogP contribution in [0.1, 0.15) is 36.0 Å². The molecule has 0 spiro atoms. The monoisotopic (exact) mass is 300 g/mol. The third kappa shape index (κ3) is 4.56. The molecule has 0 aliphatic carbocycles. The van der Waals surface area contributed by atoms with Crippen molar-refractivity contribution < 1.29 is 14.6 Å². The summed E-state index contributed by atoms with van der Waals surface area (Å²) in [4.78, 5) is 15.8. The third-order valence-corrected chi connectivity index (χ3v) is 2.97. The van der Waals surface area contributed by atoms with Crippen molar-refractivity contribution in [3.63, 3.8) is 0 Å². The van der Waals surface area contributed by atoms with E-state index in [1.807, 2.05) is 26.0 Å². The summed E-state index contributed by atoms with van der Waals surface area (Å²) in [7, 11) is 0. The summed E-state index contributed by atoms with van der Waals surface area (Å²) in [5.41, 5.74) is 1.02. The lowest BCUT2D eigenvalue weighted by molar-refractivity contribution is 0.0911. The highest BCUT2D eigenvalue weighted by atomic mass is 16.5. The number of amides is 1. The Hall–Kier alpha value is -2.40. The number of carbonyl (C=O) groups excluding carboxylic acids is 1. The van der Waals surface area contributed by atoms with E-state index >= 15 is 0 Å². The molecule has 1 unspecified atom stereocenters. The van der Waals surface area contributed by atoms with Gasteiger partial charge in [0.2, 0.25) is 0 Å². The number of hydrogen-bond donors (Lipinski definition) is 2. The predicted octanol–water partition coefficient (Wildman–Crippen LogP) is 2.33. The second-order valence-corrected chi connectivity index (χ2v) is 5.18. The molecular formula is C17H20N2O3. The first-order valence-electron chi connectivity index (χ1n) is 7.20. The Labute approximate surface area is 130 Å². The lowest BCUT2D eigenvalue weighted by Gasteiger charge is -2.15. The van der Waals surface area contributed by atoms with Crippen LogP contribution in [-0.2, 0) is 0 Å². The number of nitrogens with one attached hydrogen (secondary N) is 1. The molecule has 2 aromatic rings. The quantitative estimate of drug-likeness (QED) is 0.859. The summed E-state index contributed by atoms with van der Waals surface area (Å²) in [5, 5.41) is 12.8. The van der Waals surface area contributed by atoms with E-state index in [2.05, 4.69) is 10.3 Å². The first-order chi connectivity index (χ1) is 10.6. The molecule has 0 saturated heterocycles. The van der Waals surface area contributed by atoms with Crippen LogP contribution in [-0.4, -0.2) is 28.6 Å². The van der Waals surface area contributed by atoms with Crippen molar-refractivity contribution in [1.29, 1.82) is 0 Å². The molecule has 0 fully saturated rings. The Bertz CT molecular complexity index is 614. The SMILES string of the molecule is CC(C)Oc1cccc(C(O)CNC(=O)c2ccccn2)c1. The van der Waals surface area contributed by atoms with Crippen LogP contribution < -0.4 is 10.1 Å². The molecule has 2 N–H and O–H groups in total. The molecule has 0 radical (unpaired) electrons. The Morgan fingerprint density at radius 2 is 2.09 bits per heavy atom. The zero-order valence-electron chi connectivity index (χ0n) is 12.7. The number of nitrogens with zero attached hydrogens (tertiary/aromatic N) is 1. The van der Waals surface area contributed by atoms with Gasteiger partial charge in [-0.15, -0.1) is 0 Å². The number of hydrogen-bond acceptors (Lipinski definition) is 4. The largest absolute Gasteiger partial charge is 0.491 e. The van der Waals surface area contributed by atoms with E-state index in [4.69, 9.17) is 4.74 Å². The van der Waals surface area contributed by atoms with E-state index in [1.165, 1.54) is 0 Å². The second kappa shape index (κ2) is 7.56. The van der Waals surface area contributed by atoms with Crippen molar-refractivity contribution in [2.24, 2.45) is 0 Å². The number of rotatable bonds is 6. The Kier molecular flexibility index (Phi) is 5.49. The maximum atomic E-state index is 11.9. The van der Waals surface area contributed by atoms with Gasteiger partial charge in [0.05, 0.1) is 12.2 Å². The zero-order chi connectivity index (χ0) is 15.9. The van der Waals surface area contributed by atoms with Crippen LogP contribution >= 0.6 is 0 Å². The normalized spacial score (nSPS) is 12.0. The summed E-state index contributed by atoms with van der Waals surface area (Å²) >= 11 is 0. The van der Waals surface area contributed by atoms with E-state index in [0.29, 0.717) is 17.0 Å². The number of benzene rings is 1. The van der Waals surface area contributed by atoms with Gasteiger partial charge in [0.25, 0.3) is 5.91 Å². The van der Waals surface area contributed by atoms with E-state index in [0.717, 1.165) is 0 Å². The molecule has 1 amide bonds. The molecule has 1 aromatic carbocycles. The molecule has 0 aliphatic rings. The van der Waals surface area contributed by atoms with Gasteiger partial charge in [-0.1, -0.05) is 18.2 Å². The van der Waals surface area contributed by atoms with Gasteiger partial charge in [0.15, 0.2) is 0 Å². The Morgan fingerprint density at radius 3 is 2.77 bits per heavy atom. The van der Waals surface area contributed by atoms with Crippen molar-refractivity contribution in [1.82, 2.24) is 10.3 Å². The van der Waals surface area contributed by atoms with Crippen LogP contribution in [0.5, 0.6) is 5.75 Å². The molecule has 1 aromatic heterocycles. The molecule has 116 valence electrons. The van der Waals surface area contributed by atoms with Crippen molar-refractivity contribution in [2.45, 2.75) is 26.1 Å². The van der Waals surface area contributed by atoms with E-state index < -0.39 is 6.10 Å². The molecule has 22 heavy (non-hydrogen) atoms. The standard InChI is InChI=1S/C17H20N2O3/c1-12(2)22-14-7-5-6-13(10-14)16(20)11-19-17(21)15-8-3-4-9-18-15/h3-10,12,16,20H,11H2,1-2H3,(H,19,21). The van der Waals surface area contributed by atoms with Gasteiger partial charge in [-0.3, -0.25) is 9.78 Å². The molecule has 0 bridgehead atoms. The van der Waals surface area contributed by atoms with Crippen LogP contribution in [0.25, 0.3) is 0 Å². The first kappa shape index (κ1) is 16.0. The lowest BCUT2D eigenvalue weighted by atomic mass is 10.1. The van der Waals surface area contributed by atoms with E-state index in [9.17, 15) is 9.90 Å². The minimum atomic E-state index is -0.802. The molecule has 5 nitrogen and oxygen atoms in total. The van der Waals surface area contributed by atoms with Gasteiger partial charge in [0.1, 0.15) is 11.4 Å². The van der Waals surface area contributed by atoms with Crippen LogP contribution in [0, 0.1) is 0 Å². The summed E-state index contributed by atoms with van der Waals surface area (Å²) in [6, 6.07) is 12.3. The second-order valence-electron chi connectivity index (χ2n) is 5.18. The van der Waals surface area contributed by atoms with Gasteiger partial charge in [-0.25, -0.2) is 0 Å². The Balaban J connectivity index is 1.94. The van der Waals surface area contributed by atoms with Gasteiger partial charge in [0, 0.05) is 12.7 Å². The van der Waals surface area contributed by atoms with Crippen molar-refractivity contribution in [3.05, 3.63) is 59.9 Å². The number of aromatic nitrogens is 1. The number of aliphatic hydroxyl groups is 1. The maximum Gasteiger partial charge on any atom is 0.269 e. The zero-order valence-corrected chi connectivity index (χ0v) is 12.7. The molecular weight excluding hydrogens is 280 g/mol. The molecule has 2 rings (SSSR count). The number of ether oxygens (including phenoxy) is 1. The average molecular weight is 300 g/mol. The van der Waals surface area contributed by atoms with Gasteiger partial charge in [-0.2, -0.15) is 0 Å². The number of aliphatic hydroxyl groups excluding tert-OH is 1. The summed E-state index contributed by atoms with van der Waals surface area (Å²) < 4.78 is 5.59. The van der Waals surface area contributed by atoms with Crippen LogP contribution in [0.15, 0.2) is 48.7 Å². The van der Waals surface area contributed by atoms with Crippen molar-refractivity contribution >= 4 is 5.91 Å². The van der Waals surface area contributed by atoms with Gasteiger partial charge in [-0.05, 0) is 43.7 Å². The van der Waals surface area contributed by atoms with Crippen molar-refractivity contribution in [2.75, 3.05) is 6.54 Å². The summed E-state index contributed by atoms with van der Waals surface area (Å²) in [5.74, 6) is 0.386. The molecule has 5 heteroatoms. The predicted molar refractivity (Wildman–Crippen MR) is 83.7 cm³/mol. The highest BCUT2D eigenvalue weighted by Crippen LogP contribution is 2.20. The smallest absolute Gasteiger partial charge is 0.269 e. The summed E-state index contributed by atoms with van der Waals surface area (Å²) in [6.45, 7) is 3.99. The third-order valence-electron chi connectivity index (χ3n) is 2.97. The topological polar surface area (TPSA) is 71.5 Å². The fourth-order valence-corrected chi connectivity index (χ4v) is 1.96. The highest BCUT2D eigenvalue weighted by molar-refractivity contribution is 5.92.